The highest BCUT2D eigenvalue weighted by Gasteiger charge is 2.39. The molecule has 278 valence electrons. The number of amides is 3. The maximum absolute atomic E-state index is 14.0. The number of hydrogen-bond acceptors (Lipinski definition) is 8. The zero-order chi connectivity index (χ0) is 37.7. The number of nitrogens with zero attached hydrogens (tertiary/aromatic N) is 7. The van der Waals surface area contributed by atoms with Crippen LogP contribution in [0.4, 0.5) is 24.5 Å². The van der Waals surface area contributed by atoms with Gasteiger partial charge in [-0.15, -0.1) is 0 Å². The quantitative estimate of drug-likeness (QED) is 0.181. The summed E-state index contributed by atoms with van der Waals surface area (Å²) in [5.74, 6) is -0.723. The summed E-state index contributed by atoms with van der Waals surface area (Å²) >= 11 is 6.45. The van der Waals surface area contributed by atoms with E-state index in [2.05, 4.69) is 30.6 Å². The number of alkyl halides is 3. The largest absolute Gasteiger partial charge is 0.435 e. The van der Waals surface area contributed by atoms with Crippen LogP contribution in [0.25, 0.3) is 17.1 Å². The minimum atomic E-state index is -4.81. The van der Waals surface area contributed by atoms with E-state index in [1.54, 1.807) is 0 Å². The van der Waals surface area contributed by atoms with E-state index in [0.717, 1.165) is 49.3 Å². The Kier molecular flexibility index (Phi) is 11.9. The monoisotopic (exact) mass is 742 g/mol. The summed E-state index contributed by atoms with van der Waals surface area (Å²) in [5, 5.41) is 9.37. The molecule has 13 nitrogen and oxygen atoms in total. The second-order valence-electron chi connectivity index (χ2n) is 13.1. The van der Waals surface area contributed by atoms with Crippen molar-refractivity contribution in [2.45, 2.75) is 38.8 Å². The highest BCUT2D eigenvalue weighted by molar-refractivity contribution is 6.34. The van der Waals surface area contributed by atoms with E-state index in [-0.39, 0.29) is 62.8 Å². The van der Waals surface area contributed by atoms with E-state index in [1.807, 2.05) is 25.9 Å². The minimum Gasteiger partial charge on any atom is -0.397 e. The van der Waals surface area contributed by atoms with Crippen molar-refractivity contribution >= 4 is 40.7 Å². The summed E-state index contributed by atoms with van der Waals surface area (Å²) in [6, 6.07) is 7.30. The Hall–Kier alpha value is -4.96. The number of hydrogen-bond donors (Lipinski definition) is 3. The zero-order valence-corrected chi connectivity index (χ0v) is 30.1. The topological polar surface area (TPSA) is 156 Å². The number of halogens is 4. The Morgan fingerprint density at radius 3 is 2.42 bits per heavy atom. The van der Waals surface area contributed by atoms with Crippen LogP contribution in [0.1, 0.15) is 59.3 Å². The molecule has 0 spiro atoms. The predicted octanol–water partition coefficient (Wildman–Crippen LogP) is 5.12. The van der Waals surface area contributed by atoms with Crippen molar-refractivity contribution in [3.05, 3.63) is 71.0 Å². The van der Waals surface area contributed by atoms with Gasteiger partial charge in [0.25, 0.3) is 11.8 Å². The number of benzene rings is 1. The number of nitrogens with two attached hydrogens (primary N) is 1. The lowest BCUT2D eigenvalue weighted by Crippen LogP contribution is -2.44. The number of aromatic nitrogens is 5. The molecule has 1 aliphatic heterocycles. The highest BCUT2D eigenvalue weighted by atomic mass is 35.5. The van der Waals surface area contributed by atoms with Crippen LogP contribution in [0.2, 0.25) is 5.02 Å². The van der Waals surface area contributed by atoms with E-state index in [9.17, 15) is 27.6 Å². The Morgan fingerprint density at radius 1 is 1.08 bits per heavy atom. The van der Waals surface area contributed by atoms with E-state index < -0.39 is 17.8 Å². The van der Waals surface area contributed by atoms with Crippen molar-refractivity contribution in [2.75, 3.05) is 51.3 Å². The molecule has 4 N–H and O–H groups in total. The number of carbonyl (C=O) groups is 3. The van der Waals surface area contributed by atoms with Crippen LogP contribution in [-0.2, 0) is 18.0 Å². The van der Waals surface area contributed by atoms with E-state index in [4.69, 9.17) is 17.3 Å². The second-order valence-corrected chi connectivity index (χ2v) is 13.5. The molecule has 1 aliphatic rings. The average Bonchev–Trinajstić information content (AvgIpc) is 3.72. The van der Waals surface area contributed by atoms with Crippen molar-refractivity contribution in [3.8, 4) is 17.1 Å². The Morgan fingerprint density at radius 2 is 1.81 bits per heavy atom. The minimum absolute atomic E-state index is 0.00773. The van der Waals surface area contributed by atoms with Crippen LogP contribution < -0.4 is 16.4 Å². The maximum Gasteiger partial charge on any atom is 0.435 e. The molecule has 1 saturated heterocycles. The van der Waals surface area contributed by atoms with Crippen LogP contribution in [0.3, 0.4) is 0 Å². The fraction of sp³-hybridized carbons (Fsp3) is 0.429. The van der Waals surface area contributed by atoms with Gasteiger partial charge in [-0.05, 0) is 82.6 Å². The Labute approximate surface area is 304 Å². The van der Waals surface area contributed by atoms with Gasteiger partial charge in [-0.3, -0.25) is 14.4 Å². The molecule has 5 rings (SSSR count). The number of rotatable bonds is 12. The molecule has 4 heterocycles. The molecular formula is C35H42ClF3N10O3. The number of carbonyl (C=O) groups excluding carboxylic acids is 3. The molecule has 4 aromatic rings. The fourth-order valence-corrected chi connectivity index (χ4v) is 6.39. The number of nitrogen functional groups attached to an aromatic ring is 1. The van der Waals surface area contributed by atoms with Crippen LogP contribution in [0, 0.1) is 11.8 Å². The van der Waals surface area contributed by atoms with Gasteiger partial charge in [0, 0.05) is 44.5 Å². The van der Waals surface area contributed by atoms with E-state index in [1.165, 1.54) is 48.1 Å². The van der Waals surface area contributed by atoms with Crippen LogP contribution in [-0.4, -0.2) is 92.1 Å². The molecule has 0 aliphatic carbocycles. The van der Waals surface area contributed by atoms with Crippen molar-refractivity contribution in [2.24, 2.45) is 18.9 Å². The maximum atomic E-state index is 14.0. The number of likely N-dealkylation sites (tertiary alicyclic amines) is 1. The van der Waals surface area contributed by atoms with Crippen LogP contribution in [0.5, 0.6) is 0 Å². The number of piperidine rings is 1. The van der Waals surface area contributed by atoms with Gasteiger partial charge >= 0.3 is 6.18 Å². The van der Waals surface area contributed by atoms with Crippen molar-refractivity contribution in [1.82, 2.24) is 39.4 Å². The first-order valence-electron chi connectivity index (χ1n) is 16.9. The SMILES string of the molecule is CCC(CCN(C)C)C(=O)N1CCC(CNC(=O)c2ccc(NC(=O)c3ncc(-c4cn(-c5ccc(N)cn5)nc4C(F)(F)F)n3C)cc2Cl)CC1. The standard InChI is InChI=1S/C35H42ClF3N10O3/c1-5-22(12-13-46(2)3)34(52)48-14-10-21(11-15-48)17-43-32(50)25-8-7-24(16-27(25)36)44-33(51)31-42-19-28(47(31)4)26-20-49(45-30(26)35(37,38)39)29-9-6-23(40)18-41-29/h6-9,16,18-22H,5,10-15,17,40H2,1-4H3,(H,43,50)(H,44,51). The number of nitrogens with one attached hydrogen (secondary N) is 2. The van der Waals surface area contributed by atoms with Gasteiger partial charge in [0.2, 0.25) is 5.91 Å². The molecule has 0 saturated carbocycles. The molecule has 3 amide bonds. The molecule has 0 bridgehead atoms. The summed E-state index contributed by atoms with van der Waals surface area (Å²) in [6.07, 6.45) is 1.99. The Balaban J connectivity index is 1.19. The van der Waals surface area contributed by atoms with Gasteiger partial charge in [-0.25, -0.2) is 14.6 Å². The first-order valence-corrected chi connectivity index (χ1v) is 17.3. The second kappa shape index (κ2) is 16.2. The van der Waals surface area contributed by atoms with Gasteiger partial charge in [0.05, 0.1) is 39.9 Å². The van der Waals surface area contributed by atoms with Crippen molar-refractivity contribution < 1.29 is 27.6 Å². The summed E-state index contributed by atoms with van der Waals surface area (Å²) in [4.78, 5) is 51.4. The molecule has 1 fully saturated rings. The highest BCUT2D eigenvalue weighted by Crippen LogP contribution is 2.37. The fourth-order valence-electron chi connectivity index (χ4n) is 6.12. The summed E-state index contributed by atoms with van der Waals surface area (Å²) in [5.41, 5.74) is 4.95. The lowest BCUT2D eigenvalue weighted by molar-refractivity contribution is -0.141. The van der Waals surface area contributed by atoms with Gasteiger partial charge in [0.15, 0.2) is 17.3 Å². The van der Waals surface area contributed by atoms with Gasteiger partial charge in [0.1, 0.15) is 0 Å². The van der Waals surface area contributed by atoms with Gasteiger partial charge < -0.3 is 30.7 Å². The first-order chi connectivity index (χ1) is 24.7. The normalized spacial score (nSPS) is 14.4. The predicted molar refractivity (Wildman–Crippen MR) is 191 cm³/mol. The summed E-state index contributed by atoms with van der Waals surface area (Å²) in [6.45, 7) is 4.64. The number of pyridine rings is 1. The molecule has 52 heavy (non-hydrogen) atoms. The third kappa shape index (κ3) is 8.91. The third-order valence-corrected chi connectivity index (χ3v) is 9.48. The molecule has 0 radical (unpaired) electrons. The van der Waals surface area contributed by atoms with Gasteiger partial charge in [-0.1, -0.05) is 18.5 Å². The van der Waals surface area contributed by atoms with Crippen molar-refractivity contribution in [3.63, 3.8) is 0 Å². The molecule has 1 unspecified atom stereocenters. The summed E-state index contributed by atoms with van der Waals surface area (Å²) in [7, 11) is 5.41. The molecule has 3 aromatic heterocycles. The lowest BCUT2D eigenvalue weighted by Gasteiger charge is -2.34. The van der Waals surface area contributed by atoms with E-state index >= 15 is 0 Å². The van der Waals surface area contributed by atoms with Gasteiger partial charge in [-0.2, -0.15) is 18.3 Å². The lowest BCUT2D eigenvalue weighted by atomic mass is 9.94. The Bertz CT molecular complexity index is 1900. The number of imidazole rings is 1. The van der Waals surface area contributed by atoms with Crippen molar-refractivity contribution in [1.29, 1.82) is 0 Å². The molecule has 1 atom stereocenters. The molecule has 1 aromatic carbocycles. The average molecular weight is 743 g/mol. The first kappa shape index (κ1) is 38.3. The summed E-state index contributed by atoms with van der Waals surface area (Å²) < 4.78 is 44.3. The third-order valence-electron chi connectivity index (χ3n) is 9.17. The molecular weight excluding hydrogens is 701 g/mol. The van der Waals surface area contributed by atoms with Crippen LogP contribution >= 0.6 is 11.6 Å². The number of anilines is 2. The zero-order valence-electron chi connectivity index (χ0n) is 29.4. The molecule has 17 heteroatoms. The van der Waals surface area contributed by atoms with E-state index in [0.29, 0.717) is 25.3 Å². The smallest absolute Gasteiger partial charge is 0.397 e. The van der Waals surface area contributed by atoms with Crippen LogP contribution in [0.15, 0.2) is 48.9 Å².